The van der Waals surface area contributed by atoms with E-state index < -0.39 is 0 Å². The summed E-state index contributed by atoms with van der Waals surface area (Å²) in [5.41, 5.74) is 8.37. The van der Waals surface area contributed by atoms with Crippen LogP contribution >= 0.6 is 0 Å². The molecule has 4 aliphatic rings. The lowest BCUT2D eigenvalue weighted by Gasteiger charge is -2.61. The van der Waals surface area contributed by atoms with E-state index in [2.05, 4.69) is 68.4 Å². The first-order chi connectivity index (χ1) is 18.3. The van der Waals surface area contributed by atoms with Crippen LogP contribution in [-0.4, -0.2) is 5.78 Å². The summed E-state index contributed by atoms with van der Waals surface area (Å²) in [7, 11) is 0. The van der Waals surface area contributed by atoms with E-state index in [1.807, 2.05) is 30.2 Å². The van der Waals surface area contributed by atoms with Crippen molar-refractivity contribution < 1.29 is 4.79 Å². The molecule has 2 fully saturated rings. The van der Waals surface area contributed by atoms with E-state index in [9.17, 15) is 4.79 Å². The number of allylic oxidation sites excluding steroid dienone is 8. The largest absolute Gasteiger partial charge is 0.294 e. The van der Waals surface area contributed by atoms with Crippen LogP contribution in [0.5, 0.6) is 0 Å². The molecule has 0 radical (unpaired) electrons. The average Bonchev–Trinajstić information content (AvgIpc) is 3.21. The number of rotatable bonds is 8. The quantitative estimate of drug-likeness (QED) is 0.172. The molecule has 6 unspecified atom stereocenters. The number of Topliss-reactive ketones (excluding diaryl/α,β-unsaturated/α-hetero) is 1. The first kappa shape index (κ1) is 30.6. The molecule has 0 aromatic heterocycles. The van der Waals surface area contributed by atoms with Gasteiger partial charge in [0, 0.05) is 12.0 Å². The lowest BCUT2D eigenvalue weighted by atomic mass is 9.44. The zero-order valence-electron chi connectivity index (χ0n) is 27.3. The van der Waals surface area contributed by atoms with Gasteiger partial charge in [-0.25, -0.2) is 0 Å². The smallest absolute Gasteiger partial charge is 0.163 e. The van der Waals surface area contributed by atoms with Crippen molar-refractivity contribution in [2.75, 3.05) is 0 Å². The predicted octanol–water partition coefficient (Wildman–Crippen LogP) is 11.2. The van der Waals surface area contributed by atoms with Gasteiger partial charge in [0.25, 0.3) is 0 Å². The molecule has 0 bridgehead atoms. The Morgan fingerprint density at radius 1 is 0.974 bits per heavy atom. The van der Waals surface area contributed by atoms with Crippen molar-refractivity contribution in [2.24, 2.45) is 45.8 Å². The van der Waals surface area contributed by atoms with E-state index in [4.69, 9.17) is 0 Å². The first-order valence-electron chi connectivity index (χ1n) is 16.5. The van der Waals surface area contributed by atoms with Gasteiger partial charge in [-0.3, -0.25) is 4.79 Å². The number of carbonyl (C=O) groups is 1. The second-order valence-electron chi connectivity index (χ2n) is 15.7. The second-order valence-corrected chi connectivity index (χ2v) is 15.7. The zero-order chi connectivity index (χ0) is 28.8. The normalized spacial score (nSPS) is 36.2. The lowest BCUT2D eigenvalue weighted by Crippen LogP contribution is -2.52. The molecule has 1 heteroatoms. The summed E-state index contributed by atoms with van der Waals surface area (Å²) < 4.78 is 0. The molecule has 0 N–H and O–H groups in total. The van der Waals surface area contributed by atoms with Gasteiger partial charge in [-0.2, -0.15) is 0 Å². The van der Waals surface area contributed by atoms with Crippen LogP contribution in [0.4, 0.5) is 0 Å². The average molecular weight is 533 g/mol. The Balaban J connectivity index is 1.55. The van der Waals surface area contributed by atoms with Gasteiger partial charge in [-0.05, 0) is 145 Å². The molecular formula is C38H60O. The summed E-state index contributed by atoms with van der Waals surface area (Å²) in [5.74, 6) is 4.05. The highest BCUT2D eigenvalue weighted by Crippen LogP contribution is 2.69. The summed E-state index contributed by atoms with van der Waals surface area (Å²) >= 11 is 0. The minimum atomic E-state index is 0.197. The Morgan fingerprint density at radius 3 is 2.33 bits per heavy atom. The summed E-state index contributed by atoms with van der Waals surface area (Å²) in [6.45, 7) is 23.6. The van der Waals surface area contributed by atoms with Gasteiger partial charge in [-0.1, -0.05) is 75.1 Å². The van der Waals surface area contributed by atoms with Crippen molar-refractivity contribution in [1.82, 2.24) is 0 Å². The Bertz CT molecular complexity index is 1050. The van der Waals surface area contributed by atoms with E-state index in [1.165, 1.54) is 69.8 Å². The summed E-state index contributed by atoms with van der Waals surface area (Å²) in [6.07, 6.45) is 20.5. The van der Waals surface area contributed by atoms with Crippen molar-refractivity contribution in [2.45, 2.75) is 140 Å². The molecule has 1 nitrogen and oxygen atoms in total. The SMILES string of the molecule is C/C=C\C(C(=O)CC1CCC2(C)C3=C(CCC2C1(C)C)C1CCC([C@H](C)CCC=C(C)C)C1(C)CC3)=C(C)C. The Morgan fingerprint density at radius 2 is 1.69 bits per heavy atom. The van der Waals surface area contributed by atoms with Crippen molar-refractivity contribution in [3.8, 4) is 0 Å². The first-order valence-corrected chi connectivity index (χ1v) is 16.5. The van der Waals surface area contributed by atoms with E-state index >= 15 is 0 Å². The van der Waals surface area contributed by atoms with Gasteiger partial charge in [-0.15, -0.1) is 0 Å². The van der Waals surface area contributed by atoms with Gasteiger partial charge in [0.2, 0.25) is 0 Å². The Labute approximate surface area is 242 Å². The van der Waals surface area contributed by atoms with Gasteiger partial charge in [0.15, 0.2) is 5.78 Å². The maximum absolute atomic E-state index is 13.4. The Hall–Kier alpha value is -1.37. The molecule has 0 spiro atoms. The molecule has 0 amide bonds. The predicted molar refractivity (Wildman–Crippen MR) is 169 cm³/mol. The highest BCUT2D eigenvalue weighted by atomic mass is 16.1. The molecule has 7 atom stereocenters. The monoisotopic (exact) mass is 532 g/mol. The van der Waals surface area contributed by atoms with Crippen LogP contribution in [-0.2, 0) is 4.79 Å². The van der Waals surface area contributed by atoms with E-state index in [1.54, 1.807) is 0 Å². The number of hydrogen-bond acceptors (Lipinski definition) is 1. The molecule has 2 saturated carbocycles. The van der Waals surface area contributed by atoms with Crippen molar-refractivity contribution >= 4 is 5.78 Å². The molecular weight excluding hydrogens is 472 g/mol. The maximum Gasteiger partial charge on any atom is 0.163 e. The topological polar surface area (TPSA) is 17.1 Å². The Kier molecular flexibility index (Phi) is 9.01. The molecule has 0 heterocycles. The molecule has 0 aromatic rings. The zero-order valence-corrected chi connectivity index (χ0v) is 27.3. The molecule has 0 aliphatic heterocycles. The minimum absolute atomic E-state index is 0.197. The summed E-state index contributed by atoms with van der Waals surface area (Å²) in [4.78, 5) is 13.4. The molecule has 39 heavy (non-hydrogen) atoms. The van der Waals surface area contributed by atoms with E-state index in [0.717, 1.165) is 28.9 Å². The van der Waals surface area contributed by atoms with Gasteiger partial charge < -0.3 is 0 Å². The number of hydrogen-bond donors (Lipinski definition) is 0. The van der Waals surface area contributed by atoms with E-state index in [-0.39, 0.29) is 5.41 Å². The summed E-state index contributed by atoms with van der Waals surface area (Å²) in [5, 5.41) is 0. The summed E-state index contributed by atoms with van der Waals surface area (Å²) in [6, 6.07) is 0. The van der Waals surface area contributed by atoms with Crippen molar-refractivity contribution in [3.05, 3.63) is 46.1 Å². The van der Waals surface area contributed by atoms with Crippen molar-refractivity contribution in [3.63, 3.8) is 0 Å². The highest BCUT2D eigenvalue weighted by Gasteiger charge is 2.59. The van der Waals surface area contributed by atoms with Gasteiger partial charge in [0.05, 0.1) is 0 Å². The number of carbonyl (C=O) groups excluding carboxylic acids is 1. The van der Waals surface area contributed by atoms with Crippen LogP contribution < -0.4 is 0 Å². The standard InChI is InChI=1S/C38H60O/c1-11-13-29(26(4)5)34(39)24-28-20-22-38(10)33-21-23-37(9)31(27(6)15-12-14-25(2)3)17-18-32(37)30(33)16-19-35(38)36(28,7)8/h11,13-14,27-28,31-32,35H,12,15-24H2,1-10H3/b13-11-/t27-,28?,31?,32?,35?,37?,38?/m1/s1. The second kappa shape index (κ2) is 11.5. The van der Waals surface area contributed by atoms with Crippen LogP contribution in [0.25, 0.3) is 0 Å². The fourth-order valence-corrected chi connectivity index (χ4v) is 10.6. The molecule has 218 valence electrons. The van der Waals surface area contributed by atoms with Crippen LogP contribution in [0.15, 0.2) is 46.1 Å². The number of ketones is 1. The molecule has 4 rings (SSSR count). The fraction of sp³-hybridized carbons (Fsp3) is 0.763. The number of fused-ring (bicyclic) bond motifs is 4. The molecule has 0 saturated heterocycles. The fourth-order valence-electron chi connectivity index (χ4n) is 10.6. The maximum atomic E-state index is 13.4. The lowest BCUT2D eigenvalue weighted by molar-refractivity contribution is -0.120. The third-order valence-electron chi connectivity index (χ3n) is 12.7. The molecule has 4 aliphatic carbocycles. The third-order valence-corrected chi connectivity index (χ3v) is 12.7. The van der Waals surface area contributed by atoms with Crippen LogP contribution in [0.2, 0.25) is 0 Å². The highest BCUT2D eigenvalue weighted by molar-refractivity contribution is 5.98. The van der Waals surface area contributed by atoms with Gasteiger partial charge >= 0.3 is 0 Å². The van der Waals surface area contributed by atoms with Gasteiger partial charge in [0.1, 0.15) is 0 Å². The minimum Gasteiger partial charge on any atom is -0.294 e. The van der Waals surface area contributed by atoms with E-state index in [0.29, 0.717) is 34.9 Å². The molecule has 0 aromatic carbocycles. The van der Waals surface area contributed by atoms with Crippen LogP contribution in [0.1, 0.15) is 140 Å². The van der Waals surface area contributed by atoms with Crippen molar-refractivity contribution in [1.29, 1.82) is 0 Å². The third kappa shape index (κ3) is 5.47. The van der Waals surface area contributed by atoms with Crippen LogP contribution in [0.3, 0.4) is 0 Å². The van der Waals surface area contributed by atoms with Crippen LogP contribution in [0, 0.1) is 45.8 Å².